The summed E-state index contributed by atoms with van der Waals surface area (Å²) in [6, 6.07) is 0. The molecule has 90 valence electrons. The molecule has 0 rings (SSSR count). The van der Waals surface area contributed by atoms with E-state index in [1.54, 1.807) is 0 Å². The van der Waals surface area contributed by atoms with Crippen molar-refractivity contribution in [2.24, 2.45) is 5.73 Å². The number of nitrogens with two attached hydrogens (primary N) is 1. The summed E-state index contributed by atoms with van der Waals surface area (Å²) in [4.78, 5) is 19.8. The van der Waals surface area contributed by atoms with Gasteiger partial charge in [-0.25, -0.2) is 0 Å². The number of unbranched alkanes of at least 4 members (excludes halogenated alkanes) is 1. The summed E-state index contributed by atoms with van der Waals surface area (Å²) in [5.74, 6) is -1.74. The molecule has 0 atom stereocenters. The van der Waals surface area contributed by atoms with Crippen molar-refractivity contribution in [3.05, 3.63) is 0 Å². The molecule has 4 N–H and O–H groups in total. The number of carboxylic acid groups (broad SMARTS) is 2. The van der Waals surface area contributed by atoms with Crippen molar-refractivity contribution < 1.29 is 19.8 Å². The monoisotopic (exact) mass is 219 g/mol. The van der Waals surface area contributed by atoms with Crippen molar-refractivity contribution in [1.29, 1.82) is 0 Å². The van der Waals surface area contributed by atoms with Gasteiger partial charge in [-0.1, -0.05) is 0 Å². The SMILES string of the molecule is CC(C)(C)N.O=C(O)CCCCC(=O)O. The molecule has 0 radical (unpaired) electrons. The lowest BCUT2D eigenvalue weighted by molar-refractivity contribution is -0.139. The number of hydrogen-bond donors (Lipinski definition) is 3. The fraction of sp³-hybridized carbons (Fsp3) is 0.800. The van der Waals surface area contributed by atoms with E-state index in [1.165, 1.54) is 0 Å². The van der Waals surface area contributed by atoms with Crippen LogP contribution in [0, 0.1) is 0 Å². The molecule has 0 bridgehead atoms. The third kappa shape index (κ3) is 44.0. The van der Waals surface area contributed by atoms with Gasteiger partial charge in [-0.05, 0) is 33.6 Å². The van der Waals surface area contributed by atoms with Crippen molar-refractivity contribution >= 4 is 11.9 Å². The molecule has 0 amide bonds. The van der Waals surface area contributed by atoms with Gasteiger partial charge in [0, 0.05) is 18.4 Å². The second-order valence-electron chi connectivity index (χ2n) is 4.36. The van der Waals surface area contributed by atoms with Crippen LogP contribution in [0.2, 0.25) is 0 Å². The molecule has 0 aromatic rings. The van der Waals surface area contributed by atoms with E-state index >= 15 is 0 Å². The molecule has 5 heteroatoms. The third-order valence-electron chi connectivity index (χ3n) is 1.03. The van der Waals surface area contributed by atoms with Crippen molar-refractivity contribution in [2.45, 2.75) is 52.0 Å². The van der Waals surface area contributed by atoms with Gasteiger partial charge >= 0.3 is 11.9 Å². The quantitative estimate of drug-likeness (QED) is 0.608. The predicted molar refractivity (Wildman–Crippen MR) is 57.7 cm³/mol. The first-order valence-corrected chi connectivity index (χ1v) is 4.85. The molecule has 0 aliphatic carbocycles. The molecule has 0 aliphatic heterocycles. The molecule has 0 spiro atoms. The second kappa shape index (κ2) is 8.23. The first-order valence-electron chi connectivity index (χ1n) is 4.85. The molecule has 0 saturated heterocycles. The molecule has 0 aromatic heterocycles. The largest absolute Gasteiger partial charge is 0.481 e. The van der Waals surface area contributed by atoms with Gasteiger partial charge in [0.05, 0.1) is 0 Å². The van der Waals surface area contributed by atoms with Crippen LogP contribution in [-0.2, 0) is 9.59 Å². The summed E-state index contributed by atoms with van der Waals surface area (Å²) < 4.78 is 0. The van der Waals surface area contributed by atoms with Gasteiger partial charge in [0.2, 0.25) is 0 Å². The average Bonchev–Trinajstić information content (AvgIpc) is 1.94. The Kier molecular flexibility index (Phi) is 8.96. The van der Waals surface area contributed by atoms with Crippen LogP contribution in [0.15, 0.2) is 0 Å². The summed E-state index contributed by atoms with van der Waals surface area (Å²) in [5.41, 5.74) is 5.35. The number of hydrogen-bond acceptors (Lipinski definition) is 3. The first-order chi connectivity index (χ1) is 6.63. The van der Waals surface area contributed by atoms with Crippen molar-refractivity contribution in [3.8, 4) is 0 Å². The number of rotatable bonds is 5. The molecule has 0 saturated carbocycles. The lowest BCUT2D eigenvalue weighted by Crippen LogP contribution is -2.26. The molecular formula is C10H21NO4. The van der Waals surface area contributed by atoms with Gasteiger partial charge in [0.1, 0.15) is 0 Å². The van der Waals surface area contributed by atoms with Crippen LogP contribution in [0.5, 0.6) is 0 Å². The highest BCUT2D eigenvalue weighted by atomic mass is 16.4. The van der Waals surface area contributed by atoms with E-state index in [0.717, 1.165) is 0 Å². The Morgan fingerprint density at radius 3 is 1.33 bits per heavy atom. The summed E-state index contributed by atoms with van der Waals surface area (Å²) in [7, 11) is 0. The normalized spacial score (nSPS) is 10.1. The van der Waals surface area contributed by atoms with E-state index in [0.29, 0.717) is 12.8 Å². The zero-order valence-corrected chi connectivity index (χ0v) is 9.62. The Hall–Kier alpha value is -1.10. The number of carboxylic acids is 2. The van der Waals surface area contributed by atoms with Gasteiger partial charge < -0.3 is 15.9 Å². The van der Waals surface area contributed by atoms with Gasteiger partial charge in [-0.2, -0.15) is 0 Å². The minimum absolute atomic E-state index is 0. The van der Waals surface area contributed by atoms with Crippen molar-refractivity contribution in [1.82, 2.24) is 0 Å². The third-order valence-corrected chi connectivity index (χ3v) is 1.03. The van der Waals surface area contributed by atoms with Gasteiger partial charge in [0.25, 0.3) is 0 Å². The first kappa shape index (κ1) is 16.3. The molecule has 0 aromatic carbocycles. The molecule has 5 nitrogen and oxygen atoms in total. The summed E-state index contributed by atoms with van der Waals surface area (Å²) in [5, 5.41) is 16.3. The Bertz CT molecular complexity index is 174. The molecule has 0 unspecified atom stereocenters. The zero-order valence-electron chi connectivity index (χ0n) is 9.62. The topological polar surface area (TPSA) is 101 Å². The fourth-order valence-corrected chi connectivity index (χ4v) is 0.552. The van der Waals surface area contributed by atoms with E-state index in [9.17, 15) is 9.59 Å². The minimum Gasteiger partial charge on any atom is -0.481 e. The molecular weight excluding hydrogens is 198 g/mol. The maximum Gasteiger partial charge on any atom is 0.303 e. The van der Waals surface area contributed by atoms with E-state index in [4.69, 9.17) is 15.9 Å². The van der Waals surface area contributed by atoms with Gasteiger partial charge in [-0.3, -0.25) is 9.59 Å². The van der Waals surface area contributed by atoms with Crippen LogP contribution < -0.4 is 5.73 Å². The summed E-state index contributed by atoms with van der Waals surface area (Å²) >= 11 is 0. The number of carbonyl (C=O) groups is 2. The highest BCUT2D eigenvalue weighted by Gasteiger charge is 1.99. The zero-order chi connectivity index (χ0) is 12.5. The highest BCUT2D eigenvalue weighted by molar-refractivity contribution is 5.67. The Labute approximate surface area is 90.3 Å². The van der Waals surface area contributed by atoms with Crippen molar-refractivity contribution in [2.75, 3.05) is 0 Å². The maximum absolute atomic E-state index is 9.90. The van der Waals surface area contributed by atoms with Crippen molar-refractivity contribution in [3.63, 3.8) is 0 Å². The highest BCUT2D eigenvalue weighted by Crippen LogP contribution is 1.98. The smallest absolute Gasteiger partial charge is 0.303 e. The Morgan fingerprint density at radius 2 is 1.20 bits per heavy atom. The molecule has 0 aliphatic rings. The van der Waals surface area contributed by atoms with Crippen LogP contribution in [-0.4, -0.2) is 27.7 Å². The summed E-state index contributed by atoms with van der Waals surface area (Å²) in [6.45, 7) is 5.90. The van der Waals surface area contributed by atoms with Gasteiger partial charge in [-0.15, -0.1) is 0 Å². The van der Waals surface area contributed by atoms with Crippen LogP contribution in [0.3, 0.4) is 0 Å². The molecule has 15 heavy (non-hydrogen) atoms. The molecule has 0 heterocycles. The second-order valence-corrected chi connectivity index (χ2v) is 4.36. The standard InChI is InChI=1S/C6H10O4.C4H11N/c7-5(8)3-1-2-4-6(9)10;1-4(2,3)5/h1-4H2,(H,7,8)(H,9,10);5H2,1-3H3. The van der Waals surface area contributed by atoms with E-state index in [-0.39, 0.29) is 18.4 Å². The van der Waals surface area contributed by atoms with E-state index < -0.39 is 11.9 Å². The average molecular weight is 219 g/mol. The lowest BCUT2D eigenvalue weighted by atomic mass is 10.1. The van der Waals surface area contributed by atoms with Gasteiger partial charge in [0.15, 0.2) is 0 Å². The summed E-state index contributed by atoms with van der Waals surface area (Å²) in [6.07, 6.45) is 1.02. The van der Waals surface area contributed by atoms with Crippen LogP contribution in [0.4, 0.5) is 0 Å². The van der Waals surface area contributed by atoms with E-state index in [1.807, 2.05) is 20.8 Å². The van der Waals surface area contributed by atoms with Crippen LogP contribution in [0.25, 0.3) is 0 Å². The maximum atomic E-state index is 9.90. The fourth-order valence-electron chi connectivity index (χ4n) is 0.552. The van der Waals surface area contributed by atoms with E-state index in [2.05, 4.69) is 0 Å². The minimum atomic E-state index is -0.870. The Balaban J connectivity index is 0. The molecule has 0 fully saturated rings. The van der Waals surface area contributed by atoms with Crippen LogP contribution >= 0.6 is 0 Å². The number of aliphatic carboxylic acids is 2. The Morgan fingerprint density at radius 1 is 1.00 bits per heavy atom. The van der Waals surface area contributed by atoms with Crippen LogP contribution in [0.1, 0.15) is 46.5 Å². The lowest BCUT2D eigenvalue weighted by Gasteiger charge is -2.06. The predicted octanol–water partition coefficient (Wildman–Crippen LogP) is 1.46.